The van der Waals surface area contributed by atoms with Crippen molar-refractivity contribution in [2.24, 2.45) is 10.2 Å². The maximum absolute atomic E-state index is 12.7. The third-order valence-electron chi connectivity index (χ3n) is 3.96. The Morgan fingerprint density at radius 3 is 2.70 bits per heavy atom. The van der Waals surface area contributed by atoms with Crippen LogP contribution >= 0.6 is 0 Å². The van der Waals surface area contributed by atoms with Crippen molar-refractivity contribution in [2.45, 2.75) is 13.3 Å². The van der Waals surface area contributed by atoms with E-state index in [0.717, 1.165) is 17.7 Å². The number of fused-ring (bicyclic) bond motifs is 1. The second-order valence-electron chi connectivity index (χ2n) is 5.87. The van der Waals surface area contributed by atoms with Crippen LogP contribution in [-0.4, -0.2) is 37.0 Å². The zero-order valence-electron chi connectivity index (χ0n) is 14.8. The molecule has 1 amide bonds. The number of carbonyl (C=O) groups is 2. The molecule has 2 aromatic carbocycles. The van der Waals surface area contributed by atoms with E-state index in [4.69, 9.17) is 4.74 Å². The lowest BCUT2D eigenvalue weighted by Crippen LogP contribution is -2.30. The SMILES string of the molecule is CCCN1C(=O)/C(=N/N=C\c2ccccc2OCC(=O)[O-])c2ccccc21. The second-order valence-corrected chi connectivity index (χ2v) is 5.87. The van der Waals surface area contributed by atoms with E-state index in [1.54, 1.807) is 29.2 Å². The van der Waals surface area contributed by atoms with Crippen LogP contribution in [0.15, 0.2) is 58.7 Å². The maximum atomic E-state index is 12.7. The third kappa shape index (κ3) is 4.03. The first-order chi connectivity index (χ1) is 13.1. The van der Waals surface area contributed by atoms with Crippen molar-refractivity contribution in [1.82, 2.24) is 0 Å². The van der Waals surface area contributed by atoms with Crippen LogP contribution < -0.4 is 14.7 Å². The van der Waals surface area contributed by atoms with Gasteiger partial charge in [-0.05, 0) is 24.6 Å². The molecular weight excluding hydrogens is 346 g/mol. The number of ether oxygens (including phenoxy) is 1. The molecule has 0 spiro atoms. The van der Waals surface area contributed by atoms with Crippen LogP contribution in [0.1, 0.15) is 24.5 Å². The van der Waals surface area contributed by atoms with Crippen LogP contribution in [0.5, 0.6) is 5.75 Å². The fourth-order valence-corrected chi connectivity index (χ4v) is 2.81. The van der Waals surface area contributed by atoms with Crippen LogP contribution in [0.25, 0.3) is 0 Å². The minimum absolute atomic E-state index is 0.184. The summed E-state index contributed by atoms with van der Waals surface area (Å²) in [7, 11) is 0. The molecule has 7 heteroatoms. The molecule has 3 rings (SSSR count). The molecule has 0 atom stereocenters. The number of carboxylic acid groups (broad SMARTS) is 1. The van der Waals surface area contributed by atoms with Gasteiger partial charge < -0.3 is 19.5 Å². The molecule has 27 heavy (non-hydrogen) atoms. The lowest BCUT2D eigenvalue weighted by atomic mass is 10.1. The Morgan fingerprint density at radius 1 is 1.19 bits per heavy atom. The number of anilines is 1. The van der Waals surface area contributed by atoms with E-state index in [1.165, 1.54) is 6.21 Å². The summed E-state index contributed by atoms with van der Waals surface area (Å²) in [6.07, 6.45) is 2.26. The molecule has 138 valence electrons. The van der Waals surface area contributed by atoms with Crippen molar-refractivity contribution in [3.05, 3.63) is 59.7 Å². The van der Waals surface area contributed by atoms with Gasteiger partial charge in [-0.3, -0.25) is 4.79 Å². The number of amides is 1. The second kappa shape index (κ2) is 8.27. The van der Waals surface area contributed by atoms with Crippen molar-refractivity contribution in [2.75, 3.05) is 18.1 Å². The van der Waals surface area contributed by atoms with Crippen molar-refractivity contribution >= 4 is 29.5 Å². The number of hydrogen-bond acceptors (Lipinski definition) is 6. The fraction of sp³-hybridized carbons (Fsp3) is 0.200. The van der Waals surface area contributed by atoms with Crippen molar-refractivity contribution in [1.29, 1.82) is 0 Å². The van der Waals surface area contributed by atoms with E-state index in [0.29, 0.717) is 17.9 Å². The Bertz CT molecular complexity index is 921. The zero-order valence-corrected chi connectivity index (χ0v) is 14.8. The highest BCUT2D eigenvalue weighted by Crippen LogP contribution is 2.29. The zero-order chi connectivity index (χ0) is 19.2. The molecule has 0 radical (unpaired) electrons. The highest BCUT2D eigenvalue weighted by Gasteiger charge is 2.33. The fourth-order valence-electron chi connectivity index (χ4n) is 2.81. The third-order valence-corrected chi connectivity index (χ3v) is 3.96. The normalized spacial score (nSPS) is 14.8. The first-order valence-corrected chi connectivity index (χ1v) is 8.55. The van der Waals surface area contributed by atoms with E-state index in [9.17, 15) is 14.7 Å². The number of hydrogen-bond donors (Lipinski definition) is 0. The topological polar surface area (TPSA) is 94.4 Å². The van der Waals surface area contributed by atoms with Gasteiger partial charge in [0, 0.05) is 17.7 Å². The van der Waals surface area contributed by atoms with Crippen LogP contribution in [0.3, 0.4) is 0 Å². The van der Waals surface area contributed by atoms with E-state index in [-0.39, 0.29) is 11.6 Å². The maximum Gasteiger partial charge on any atom is 0.279 e. The Balaban J connectivity index is 1.86. The molecule has 0 saturated heterocycles. The smallest absolute Gasteiger partial charge is 0.279 e. The summed E-state index contributed by atoms with van der Waals surface area (Å²) in [6.45, 7) is 2.06. The number of para-hydroxylation sites is 2. The molecule has 0 fully saturated rings. The molecule has 0 N–H and O–H groups in total. The molecule has 7 nitrogen and oxygen atoms in total. The lowest BCUT2D eigenvalue weighted by molar-refractivity contribution is -0.307. The highest BCUT2D eigenvalue weighted by molar-refractivity contribution is 6.54. The van der Waals surface area contributed by atoms with Crippen molar-refractivity contribution < 1.29 is 19.4 Å². The Hall–Kier alpha value is -3.48. The molecule has 1 aliphatic heterocycles. The number of aliphatic carboxylic acids is 1. The van der Waals surface area contributed by atoms with Crippen molar-refractivity contribution in [3.8, 4) is 5.75 Å². The van der Waals surface area contributed by atoms with Gasteiger partial charge in [0.15, 0.2) is 5.71 Å². The highest BCUT2D eigenvalue weighted by atomic mass is 16.5. The number of nitrogens with zero attached hydrogens (tertiary/aromatic N) is 3. The van der Waals surface area contributed by atoms with Gasteiger partial charge in [-0.15, -0.1) is 5.10 Å². The average molecular weight is 364 g/mol. The van der Waals surface area contributed by atoms with Gasteiger partial charge in [0.25, 0.3) is 5.91 Å². The summed E-state index contributed by atoms with van der Waals surface area (Å²) in [5.74, 6) is -1.15. The summed E-state index contributed by atoms with van der Waals surface area (Å²) in [5, 5.41) is 18.7. The van der Waals surface area contributed by atoms with Gasteiger partial charge in [0.2, 0.25) is 0 Å². The number of benzene rings is 2. The average Bonchev–Trinajstić information content (AvgIpc) is 2.93. The van der Waals surface area contributed by atoms with Crippen LogP contribution in [0, 0.1) is 0 Å². The summed E-state index contributed by atoms with van der Waals surface area (Å²) in [5.41, 5.74) is 2.40. The van der Waals surface area contributed by atoms with Crippen molar-refractivity contribution in [3.63, 3.8) is 0 Å². The predicted octanol–water partition coefficient (Wildman–Crippen LogP) is 1.40. The van der Waals surface area contributed by atoms with Gasteiger partial charge >= 0.3 is 0 Å². The van der Waals surface area contributed by atoms with Gasteiger partial charge in [-0.25, -0.2) is 0 Å². The number of rotatable bonds is 7. The molecule has 0 bridgehead atoms. The standard InChI is InChI=1S/C20H19N3O4/c1-2-11-23-16-9-5-4-8-15(16)19(20(23)26)22-21-12-14-7-3-6-10-17(14)27-13-18(24)25/h3-10,12H,2,11,13H2,1H3,(H,24,25)/p-1/b21-12-,22-19+. The molecule has 2 aromatic rings. The molecule has 0 saturated carbocycles. The summed E-state index contributed by atoms with van der Waals surface area (Å²) in [4.78, 5) is 24.9. The summed E-state index contributed by atoms with van der Waals surface area (Å²) < 4.78 is 5.17. The van der Waals surface area contributed by atoms with Crippen LogP contribution in [-0.2, 0) is 9.59 Å². The van der Waals surface area contributed by atoms with E-state index in [1.807, 2.05) is 31.2 Å². The quantitative estimate of drug-likeness (QED) is 0.548. The molecule has 0 unspecified atom stereocenters. The lowest BCUT2D eigenvalue weighted by Gasteiger charge is -2.14. The van der Waals surface area contributed by atoms with E-state index >= 15 is 0 Å². The minimum Gasteiger partial charge on any atom is -0.546 e. The van der Waals surface area contributed by atoms with E-state index in [2.05, 4.69) is 10.2 Å². The molecule has 0 aromatic heterocycles. The molecule has 0 aliphatic carbocycles. The van der Waals surface area contributed by atoms with Gasteiger partial charge in [-0.2, -0.15) is 5.10 Å². The number of carbonyl (C=O) groups excluding carboxylic acids is 2. The summed E-state index contributed by atoms with van der Waals surface area (Å²) in [6, 6.07) is 14.3. The first kappa shape index (κ1) is 18.3. The largest absolute Gasteiger partial charge is 0.546 e. The minimum atomic E-state index is -1.31. The molecular formula is C20H18N3O4-. The Labute approximate surface area is 156 Å². The molecule has 1 heterocycles. The van der Waals surface area contributed by atoms with E-state index < -0.39 is 12.6 Å². The Kier molecular flexibility index (Phi) is 5.61. The van der Waals surface area contributed by atoms with Gasteiger partial charge in [0.1, 0.15) is 12.4 Å². The van der Waals surface area contributed by atoms with Gasteiger partial charge in [0.05, 0.1) is 17.9 Å². The first-order valence-electron chi connectivity index (χ1n) is 8.55. The number of carboxylic acids is 1. The Morgan fingerprint density at radius 2 is 1.93 bits per heavy atom. The summed E-state index contributed by atoms with van der Waals surface area (Å²) >= 11 is 0. The van der Waals surface area contributed by atoms with Crippen LogP contribution in [0.4, 0.5) is 5.69 Å². The van der Waals surface area contributed by atoms with Crippen LogP contribution in [0.2, 0.25) is 0 Å². The predicted molar refractivity (Wildman–Crippen MR) is 100 cm³/mol. The molecule has 1 aliphatic rings. The monoisotopic (exact) mass is 364 g/mol. The van der Waals surface area contributed by atoms with Gasteiger partial charge in [-0.1, -0.05) is 37.3 Å².